The molecule has 102 valence electrons. The summed E-state index contributed by atoms with van der Waals surface area (Å²) in [5, 5.41) is 2.94. The lowest BCUT2D eigenvalue weighted by Gasteiger charge is -2.14. The first-order valence-electron chi connectivity index (χ1n) is 5.89. The monoisotopic (exact) mass is 248 g/mol. The first kappa shape index (κ1) is 16.3. The van der Waals surface area contributed by atoms with E-state index in [0.717, 1.165) is 6.42 Å². The van der Waals surface area contributed by atoms with E-state index in [4.69, 9.17) is 19.9 Å². The van der Waals surface area contributed by atoms with Gasteiger partial charge in [-0.25, -0.2) is 0 Å². The molecule has 17 heavy (non-hydrogen) atoms. The van der Waals surface area contributed by atoms with E-state index < -0.39 is 11.9 Å². The molecule has 0 aromatic heterocycles. The minimum absolute atomic E-state index is 0.282. The van der Waals surface area contributed by atoms with Crippen LogP contribution in [0.25, 0.3) is 0 Å². The molecule has 1 atom stereocenters. The molecular formula is C11H24N2O4. The van der Waals surface area contributed by atoms with Gasteiger partial charge in [0.15, 0.2) is 0 Å². The van der Waals surface area contributed by atoms with Crippen LogP contribution in [0.4, 0.5) is 0 Å². The molecule has 3 N–H and O–H groups in total. The maximum absolute atomic E-state index is 11.0. The Bertz CT molecular complexity index is 190. The van der Waals surface area contributed by atoms with Gasteiger partial charge in [-0.2, -0.15) is 0 Å². The molecule has 0 bridgehead atoms. The fourth-order valence-electron chi connectivity index (χ4n) is 1.21. The predicted octanol–water partition coefficient (Wildman–Crippen LogP) is -0.480. The zero-order valence-corrected chi connectivity index (χ0v) is 10.7. The third-order valence-corrected chi connectivity index (χ3v) is 2.09. The molecule has 0 aromatic rings. The Labute approximate surface area is 103 Å². The lowest BCUT2D eigenvalue weighted by atomic mass is 10.3. The van der Waals surface area contributed by atoms with Crippen molar-refractivity contribution < 1.29 is 19.0 Å². The topological polar surface area (TPSA) is 82.8 Å². The summed E-state index contributed by atoms with van der Waals surface area (Å²) in [6, 6.07) is -0.423. The van der Waals surface area contributed by atoms with Gasteiger partial charge in [0.1, 0.15) is 6.04 Å². The van der Waals surface area contributed by atoms with Crippen molar-refractivity contribution in [1.82, 2.24) is 5.32 Å². The minimum Gasteiger partial charge on any atom is -0.385 e. The van der Waals surface area contributed by atoms with Gasteiger partial charge in [0.25, 0.3) is 0 Å². The molecule has 0 rings (SSSR count). The van der Waals surface area contributed by atoms with Crippen LogP contribution in [-0.2, 0) is 19.0 Å². The van der Waals surface area contributed by atoms with Crippen LogP contribution >= 0.6 is 0 Å². The number of primary amides is 1. The van der Waals surface area contributed by atoms with E-state index in [1.54, 1.807) is 7.11 Å². The third kappa shape index (κ3) is 10.2. The molecule has 0 aromatic carbocycles. The van der Waals surface area contributed by atoms with Crippen molar-refractivity contribution in [2.45, 2.75) is 19.4 Å². The van der Waals surface area contributed by atoms with Crippen molar-refractivity contribution in [2.24, 2.45) is 5.73 Å². The number of hydrogen-bond acceptors (Lipinski definition) is 5. The summed E-state index contributed by atoms with van der Waals surface area (Å²) in [6.45, 7) is 5.21. The minimum atomic E-state index is -0.423. The van der Waals surface area contributed by atoms with E-state index in [-0.39, 0.29) is 6.61 Å². The Morgan fingerprint density at radius 3 is 2.53 bits per heavy atom. The number of hydrogen-bond donors (Lipinski definition) is 2. The van der Waals surface area contributed by atoms with Crippen LogP contribution in [0.2, 0.25) is 0 Å². The normalized spacial score (nSPS) is 12.6. The van der Waals surface area contributed by atoms with Gasteiger partial charge in [-0.3, -0.25) is 4.79 Å². The molecule has 0 saturated heterocycles. The van der Waals surface area contributed by atoms with E-state index in [2.05, 4.69) is 5.32 Å². The number of nitrogens with two attached hydrogens (primary N) is 1. The first-order chi connectivity index (χ1) is 8.22. The van der Waals surface area contributed by atoms with Gasteiger partial charge < -0.3 is 25.3 Å². The first-order valence-corrected chi connectivity index (χ1v) is 5.89. The van der Waals surface area contributed by atoms with Crippen LogP contribution in [-0.4, -0.2) is 58.6 Å². The fraction of sp³-hybridized carbons (Fsp3) is 0.909. The maximum atomic E-state index is 11.0. The largest absolute Gasteiger partial charge is 0.385 e. The van der Waals surface area contributed by atoms with Crippen LogP contribution in [0.3, 0.4) is 0 Å². The van der Waals surface area contributed by atoms with E-state index in [1.807, 2.05) is 6.92 Å². The molecule has 6 heteroatoms. The van der Waals surface area contributed by atoms with Crippen LogP contribution in [0.5, 0.6) is 0 Å². The quantitative estimate of drug-likeness (QED) is 0.456. The van der Waals surface area contributed by atoms with Crippen molar-refractivity contribution in [1.29, 1.82) is 0 Å². The molecule has 1 amide bonds. The maximum Gasteiger partial charge on any atom is 0.236 e. The SMILES string of the molecule is CCNC(COCCOCCCOC)C(N)=O. The van der Waals surface area contributed by atoms with Gasteiger partial charge in [-0.05, 0) is 13.0 Å². The highest BCUT2D eigenvalue weighted by Gasteiger charge is 2.13. The summed E-state index contributed by atoms with van der Waals surface area (Å²) in [5.41, 5.74) is 5.19. The molecule has 0 aliphatic heterocycles. The van der Waals surface area contributed by atoms with Crippen molar-refractivity contribution in [2.75, 3.05) is 46.7 Å². The van der Waals surface area contributed by atoms with Crippen LogP contribution < -0.4 is 11.1 Å². The molecule has 0 aliphatic carbocycles. The van der Waals surface area contributed by atoms with Crippen molar-refractivity contribution in [3.05, 3.63) is 0 Å². The third-order valence-electron chi connectivity index (χ3n) is 2.09. The molecule has 0 saturated carbocycles. The van der Waals surface area contributed by atoms with Gasteiger partial charge in [-0.1, -0.05) is 6.92 Å². The number of methoxy groups -OCH3 is 1. The van der Waals surface area contributed by atoms with Crippen molar-refractivity contribution >= 4 is 5.91 Å². The Kier molecular flexibility index (Phi) is 11.3. The average molecular weight is 248 g/mol. The summed E-state index contributed by atoms with van der Waals surface area (Å²) in [7, 11) is 1.66. The lowest BCUT2D eigenvalue weighted by molar-refractivity contribution is -0.121. The number of likely N-dealkylation sites (N-methyl/N-ethyl adjacent to an activating group) is 1. The second-order valence-electron chi connectivity index (χ2n) is 3.55. The Morgan fingerprint density at radius 2 is 1.94 bits per heavy atom. The second kappa shape index (κ2) is 11.8. The second-order valence-corrected chi connectivity index (χ2v) is 3.55. The zero-order valence-electron chi connectivity index (χ0n) is 10.7. The molecule has 6 nitrogen and oxygen atoms in total. The number of nitrogens with one attached hydrogen (secondary N) is 1. The molecule has 0 spiro atoms. The highest BCUT2D eigenvalue weighted by molar-refractivity contribution is 5.79. The van der Waals surface area contributed by atoms with Crippen LogP contribution in [0.15, 0.2) is 0 Å². The Balaban J connectivity index is 3.33. The van der Waals surface area contributed by atoms with Gasteiger partial charge in [0.05, 0.1) is 19.8 Å². The molecule has 0 radical (unpaired) electrons. The number of carbonyl (C=O) groups is 1. The lowest BCUT2D eigenvalue weighted by Crippen LogP contribution is -2.44. The van der Waals surface area contributed by atoms with E-state index in [9.17, 15) is 4.79 Å². The van der Waals surface area contributed by atoms with Crippen molar-refractivity contribution in [3.63, 3.8) is 0 Å². The summed E-state index contributed by atoms with van der Waals surface area (Å²) in [4.78, 5) is 11.0. The number of carbonyl (C=O) groups excluding carboxylic acids is 1. The molecule has 1 unspecified atom stereocenters. The zero-order chi connectivity index (χ0) is 12.9. The van der Waals surface area contributed by atoms with E-state index in [1.165, 1.54) is 0 Å². The number of rotatable bonds is 12. The smallest absolute Gasteiger partial charge is 0.236 e. The summed E-state index contributed by atoms with van der Waals surface area (Å²) >= 11 is 0. The van der Waals surface area contributed by atoms with Gasteiger partial charge in [0.2, 0.25) is 5.91 Å². The van der Waals surface area contributed by atoms with Gasteiger partial charge in [-0.15, -0.1) is 0 Å². The molecule has 0 aliphatic rings. The Hall–Kier alpha value is -0.690. The Morgan fingerprint density at radius 1 is 1.24 bits per heavy atom. The van der Waals surface area contributed by atoms with Gasteiger partial charge in [0, 0.05) is 20.3 Å². The van der Waals surface area contributed by atoms with Crippen LogP contribution in [0, 0.1) is 0 Å². The summed E-state index contributed by atoms with van der Waals surface area (Å²) < 4.78 is 15.5. The van der Waals surface area contributed by atoms with Crippen molar-refractivity contribution in [3.8, 4) is 0 Å². The summed E-state index contributed by atoms with van der Waals surface area (Å²) in [6.07, 6.45) is 0.873. The predicted molar refractivity (Wildman–Crippen MR) is 64.8 cm³/mol. The van der Waals surface area contributed by atoms with E-state index >= 15 is 0 Å². The fourth-order valence-corrected chi connectivity index (χ4v) is 1.21. The molecular weight excluding hydrogens is 224 g/mol. The standard InChI is InChI=1S/C11H24N2O4/c1-3-13-10(11(12)14)9-17-8-7-16-6-4-5-15-2/h10,13H,3-9H2,1-2H3,(H2,12,14). The average Bonchev–Trinajstić information content (AvgIpc) is 2.31. The number of amides is 1. The highest BCUT2D eigenvalue weighted by Crippen LogP contribution is 1.88. The number of ether oxygens (including phenoxy) is 3. The van der Waals surface area contributed by atoms with Gasteiger partial charge >= 0.3 is 0 Å². The van der Waals surface area contributed by atoms with E-state index in [0.29, 0.717) is 33.0 Å². The highest BCUT2D eigenvalue weighted by atomic mass is 16.5. The molecule has 0 heterocycles. The molecule has 0 fully saturated rings. The summed E-state index contributed by atoms with van der Waals surface area (Å²) in [5.74, 6) is -0.395. The van der Waals surface area contributed by atoms with Crippen LogP contribution in [0.1, 0.15) is 13.3 Å².